The van der Waals surface area contributed by atoms with Crippen LogP contribution in [-0.4, -0.2) is 25.8 Å². The summed E-state index contributed by atoms with van der Waals surface area (Å²) < 4.78 is 11.6. The highest BCUT2D eigenvalue weighted by atomic mass is 28.4. The molecule has 0 aliphatic rings. The molecule has 0 fully saturated rings. The van der Waals surface area contributed by atoms with Crippen molar-refractivity contribution in [1.29, 1.82) is 0 Å². The molecule has 0 amide bonds. The Labute approximate surface area is 220 Å². The van der Waals surface area contributed by atoms with E-state index >= 15 is 0 Å². The summed E-state index contributed by atoms with van der Waals surface area (Å²) in [7, 11) is -4.20. The topological polar surface area (TPSA) is 19.1 Å². The fourth-order valence-corrected chi connectivity index (χ4v) is 12.5. The molecule has 37 heavy (non-hydrogen) atoms. The molecule has 0 saturated heterocycles. The van der Waals surface area contributed by atoms with Gasteiger partial charge in [0.25, 0.3) is 0 Å². The molecule has 0 saturated carbocycles. The lowest BCUT2D eigenvalue weighted by molar-refractivity contribution is 0.571. The van der Waals surface area contributed by atoms with Crippen molar-refractivity contribution in [3.8, 4) is 0 Å². The highest BCUT2D eigenvalue weighted by molar-refractivity contribution is 6.90. The molecule has 6 aromatic rings. The van der Waals surface area contributed by atoms with Crippen molar-refractivity contribution in [2.75, 3.05) is 0 Å². The average Bonchev–Trinajstić information content (AvgIpc) is 3.39. The first-order chi connectivity index (χ1) is 17.8. The van der Waals surface area contributed by atoms with Crippen molar-refractivity contribution < 1.29 is 4.12 Å². The number of hydrogen-bond donors (Lipinski definition) is 0. The van der Waals surface area contributed by atoms with E-state index in [4.69, 9.17) is 4.12 Å². The lowest BCUT2D eigenvalue weighted by atomic mass is 10.2. The van der Waals surface area contributed by atoms with Gasteiger partial charge in [-0.3, -0.25) is 0 Å². The van der Waals surface area contributed by atoms with Gasteiger partial charge < -0.3 is 13.2 Å². The second-order valence-electron chi connectivity index (χ2n) is 10.7. The van der Waals surface area contributed by atoms with E-state index in [1.165, 1.54) is 43.6 Å². The highest BCUT2D eigenvalue weighted by Gasteiger charge is 2.29. The second-order valence-corrected chi connectivity index (χ2v) is 18.6. The largest absolute Gasteiger partial charge is 0.449 e. The molecule has 0 N–H and O–H groups in total. The van der Waals surface area contributed by atoms with Gasteiger partial charge in [-0.15, -0.1) is 0 Å². The summed E-state index contributed by atoms with van der Waals surface area (Å²) in [5, 5.41) is 5.14. The first-order valence-electron chi connectivity index (χ1n) is 12.9. The third kappa shape index (κ3) is 4.40. The standard InChI is InChI=1S/C32H32N2OSi2/c1-36(2,23-21-33-29-17-9-5-13-25(29)26-14-6-10-18-30(26)33)35-37(3,4)24-22-34-31-19-11-7-15-27(31)28-16-8-12-20-32(28)34/h5-24H,1-4H3/b23-21+,24-22+. The lowest BCUT2D eigenvalue weighted by Gasteiger charge is -2.29. The van der Waals surface area contributed by atoms with E-state index in [-0.39, 0.29) is 0 Å². The monoisotopic (exact) mass is 516 g/mol. The predicted octanol–water partition coefficient (Wildman–Crippen LogP) is 9.05. The SMILES string of the molecule is C[Si](C)(/C=C/n1c2ccccc2c2ccccc21)O[Si](C)(C)/C=C/n1c2ccccc2c2ccccc21. The summed E-state index contributed by atoms with van der Waals surface area (Å²) in [6.07, 6.45) is 4.47. The van der Waals surface area contributed by atoms with Crippen molar-refractivity contribution in [2.45, 2.75) is 26.2 Å². The van der Waals surface area contributed by atoms with Crippen LogP contribution in [0.3, 0.4) is 0 Å². The zero-order valence-corrected chi connectivity index (χ0v) is 23.8. The maximum atomic E-state index is 6.95. The quantitative estimate of drug-likeness (QED) is 0.202. The van der Waals surface area contributed by atoms with Crippen LogP contribution in [0.5, 0.6) is 0 Å². The van der Waals surface area contributed by atoms with Crippen LogP contribution in [0.15, 0.2) is 108 Å². The molecule has 0 aliphatic heterocycles. The molecule has 0 spiro atoms. The van der Waals surface area contributed by atoms with Gasteiger partial charge in [-0.25, -0.2) is 0 Å². The molecule has 2 heterocycles. The number of rotatable bonds is 6. The van der Waals surface area contributed by atoms with Gasteiger partial charge in [0, 0.05) is 33.9 Å². The third-order valence-electron chi connectivity index (χ3n) is 7.01. The molecule has 0 radical (unpaired) electrons. The molecule has 4 aromatic carbocycles. The van der Waals surface area contributed by atoms with E-state index < -0.39 is 16.6 Å². The Morgan fingerprint density at radius 1 is 0.459 bits per heavy atom. The summed E-state index contributed by atoms with van der Waals surface area (Å²) in [4.78, 5) is 0. The summed E-state index contributed by atoms with van der Waals surface area (Å²) in [5.41, 5.74) is 9.57. The summed E-state index contributed by atoms with van der Waals surface area (Å²) in [6, 6.07) is 34.5. The molecular weight excluding hydrogens is 485 g/mol. The zero-order valence-electron chi connectivity index (χ0n) is 21.8. The van der Waals surface area contributed by atoms with Crippen LogP contribution < -0.4 is 0 Å². The van der Waals surface area contributed by atoms with Crippen LogP contribution in [-0.2, 0) is 4.12 Å². The Hall–Kier alpha value is -3.65. The number of nitrogens with zero attached hydrogens (tertiary/aromatic N) is 2. The number of hydrogen-bond acceptors (Lipinski definition) is 1. The summed E-state index contributed by atoms with van der Waals surface area (Å²) in [5.74, 6) is 0. The van der Waals surface area contributed by atoms with E-state index in [0.717, 1.165) is 0 Å². The van der Waals surface area contributed by atoms with Crippen molar-refractivity contribution in [2.24, 2.45) is 0 Å². The fraction of sp³-hybridized carbons (Fsp3) is 0.125. The maximum Gasteiger partial charge on any atom is 0.200 e. The zero-order chi connectivity index (χ0) is 25.6. The Morgan fingerprint density at radius 2 is 0.730 bits per heavy atom. The number of fused-ring (bicyclic) bond motifs is 6. The van der Waals surface area contributed by atoms with Gasteiger partial charge >= 0.3 is 0 Å². The molecule has 0 unspecified atom stereocenters. The molecule has 2 aromatic heterocycles. The minimum absolute atomic E-state index is 1.23. The Bertz CT molecular complexity index is 1580. The third-order valence-corrected chi connectivity index (χ3v) is 13.1. The molecule has 0 aliphatic carbocycles. The van der Waals surface area contributed by atoms with E-state index in [9.17, 15) is 0 Å². The maximum absolute atomic E-state index is 6.95. The first-order valence-corrected chi connectivity index (χ1v) is 18.8. The smallest absolute Gasteiger partial charge is 0.200 e. The van der Waals surface area contributed by atoms with E-state index in [2.05, 4.69) is 156 Å². The Morgan fingerprint density at radius 3 is 1.03 bits per heavy atom. The molecule has 0 atom stereocenters. The van der Waals surface area contributed by atoms with Gasteiger partial charge in [0.2, 0.25) is 0 Å². The number of aromatic nitrogens is 2. The van der Waals surface area contributed by atoms with E-state index in [0.29, 0.717) is 0 Å². The number of para-hydroxylation sites is 4. The van der Waals surface area contributed by atoms with Gasteiger partial charge in [-0.2, -0.15) is 0 Å². The molecule has 184 valence electrons. The van der Waals surface area contributed by atoms with Gasteiger partial charge in [-0.05, 0) is 50.5 Å². The molecule has 5 heteroatoms. The molecule has 0 bridgehead atoms. The fourth-order valence-electron chi connectivity index (χ4n) is 5.48. The normalized spacial score (nSPS) is 13.3. The molecule has 6 rings (SSSR count). The van der Waals surface area contributed by atoms with Crippen LogP contribution in [0.4, 0.5) is 0 Å². The lowest BCUT2D eigenvalue weighted by Crippen LogP contribution is -2.42. The van der Waals surface area contributed by atoms with Crippen molar-refractivity contribution in [1.82, 2.24) is 9.13 Å². The van der Waals surface area contributed by atoms with Gasteiger partial charge in [0.05, 0.1) is 22.1 Å². The average molecular weight is 517 g/mol. The van der Waals surface area contributed by atoms with Gasteiger partial charge in [-0.1, -0.05) is 84.2 Å². The Balaban J connectivity index is 1.31. The van der Waals surface area contributed by atoms with E-state index in [1.807, 2.05) is 0 Å². The van der Waals surface area contributed by atoms with Gasteiger partial charge in [0.15, 0.2) is 16.6 Å². The van der Waals surface area contributed by atoms with Crippen LogP contribution >= 0.6 is 0 Å². The summed E-state index contributed by atoms with van der Waals surface area (Å²) in [6.45, 7) is 9.17. The second kappa shape index (κ2) is 9.03. The minimum atomic E-state index is -2.10. The van der Waals surface area contributed by atoms with Crippen LogP contribution in [0.1, 0.15) is 0 Å². The van der Waals surface area contributed by atoms with Crippen LogP contribution in [0, 0.1) is 0 Å². The highest BCUT2D eigenvalue weighted by Crippen LogP contribution is 2.31. The first kappa shape index (κ1) is 23.7. The van der Waals surface area contributed by atoms with E-state index in [1.54, 1.807) is 0 Å². The number of benzene rings is 4. The van der Waals surface area contributed by atoms with Crippen molar-refractivity contribution in [3.05, 3.63) is 108 Å². The van der Waals surface area contributed by atoms with Gasteiger partial charge in [0.1, 0.15) is 0 Å². The Kier molecular flexibility index (Phi) is 5.79. The van der Waals surface area contributed by atoms with Crippen LogP contribution in [0.25, 0.3) is 56.0 Å². The van der Waals surface area contributed by atoms with Crippen molar-refractivity contribution in [3.63, 3.8) is 0 Å². The van der Waals surface area contributed by atoms with Crippen molar-refractivity contribution >= 4 is 72.6 Å². The molecule has 3 nitrogen and oxygen atoms in total. The van der Waals surface area contributed by atoms with Crippen LogP contribution in [0.2, 0.25) is 26.2 Å². The molecular formula is C32H32N2OSi2. The predicted molar refractivity (Wildman–Crippen MR) is 166 cm³/mol. The summed E-state index contributed by atoms with van der Waals surface area (Å²) >= 11 is 0. The minimum Gasteiger partial charge on any atom is -0.449 e.